The molecule has 0 aromatic rings. The minimum absolute atomic E-state index is 0.0293. The summed E-state index contributed by atoms with van der Waals surface area (Å²) in [7, 11) is 0. The summed E-state index contributed by atoms with van der Waals surface area (Å²) < 4.78 is 0. The van der Waals surface area contributed by atoms with Crippen molar-refractivity contribution < 1.29 is 29.7 Å². The van der Waals surface area contributed by atoms with E-state index in [2.05, 4.69) is 30.6 Å². The van der Waals surface area contributed by atoms with E-state index >= 15 is 0 Å². The van der Waals surface area contributed by atoms with E-state index in [0.29, 0.717) is 23.7 Å². The van der Waals surface area contributed by atoms with Crippen LogP contribution < -0.4 is 10.6 Å². The average Bonchev–Trinajstić information content (AvgIpc) is 3.48. The predicted molar refractivity (Wildman–Crippen MR) is 139 cm³/mol. The molecule has 3 fully saturated rings. The number of hydrogen-bond acceptors (Lipinski definition) is 6. The van der Waals surface area contributed by atoms with Crippen molar-refractivity contribution in [3.63, 3.8) is 0 Å². The molecule has 4 aliphatic rings. The molecule has 0 radical (unpaired) electrons. The molecule has 37 heavy (non-hydrogen) atoms. The highest BCUT2D eigenvalue weighted by Crippen LogP contribution is 2.57. The van der Waals surface area contributed by atoms with Crippen molar-refractivity contribution in [2.24, 2.45) is 35.5 Å². The number of carbonyl (C=O) groups is 3. The first kappa shape index (κ1) is 27.1. The minimum atomic E-state index is -1.22. The Bertz CT molecular complexity index is 1060. The van der Waals surface area contributed by atoms with Crippen molar-refractivity contribution in [3.8, 4) is 0 Å². The lowest BCUT2D eigenvalue weighted by Crippen LogP contribution is -2.42. The van der Waals surface area contributed by atoms with E-state index in [0.717, 1.165) is 12.8 Å². The first-order valence-corrected chi connectivity index (χ1v) is 13.3. The zero-order valence-corrected chi connectivity index (χ0v) is 21.4. The first-order valence-electron chi connectivity index (χ1n) is 13.3. The van der Waals surface area contributed by atoms with E-state index in [1.807, 2.05) is 6.08 Å². The van der Waals surface area contributed by atoms with E-state index in [1.165, 1.54) is 24.6 Å². The highest BCUT2D eigenvalue weighted by molar-refractivity contribution is 6.27. The fourth-order valence-electron chi connectivity index (χ4n) is 6.96. The fourth-order valence-corrected chi connectivity index (χ4v) is 6.96. The van der Waals surface area contributed by atoms with Crippen molar-refractivity contribution in [2.45, 2.75) is 57.8 Å². The van der Waals surface area contributed by atoms with Crippen LogP contribution >= 0.6 is 0 Å². The van der Waals surface area contributed by atoms with Crippen LogP contribution in [0.4, 0.5) is 0 Å². The molecule has 4 rings (SSSR count). The van der Waals surface area contributed by atoms with E-state index in [4.69, 9.17) is 0 Å². The van der Waals surface area contributed by atoms with Gasteiger partial charge in [0.25, 0.3) is 5.91 Å². The second-order valence-electron chi connectivity index (χ2n) is 10.8. The van der Waals surface area contributed by atoms with Crippen LogP contribution in [0.5, 0.6) is 0 Å². The zero-order valence-electron chi connectivity index (χ0n) is 21.4. The van der Waals surface area contributed by atoms with Gasteiger partial charge in [0.2, 0.25) is 5.91 Å². The quantitative estimate of drug-likeness (QED) is 0.344. The van der Waals surface area contributed by atoms with Gasteiger partial charge in [-0.15, -0.1) is 0 Å². The molecule has 2 aliphatic heterocycles. The van der Waals surface area contributed by atoms with Gasteiger partial charge in [0.05, 0.1) is 12.2 Å². The van der Waals surface area contributed by atoms with Crippen molar-refractivity contribution in [3.05, 3.63) is 59.9 Å². The second-order valence-corrected chi connectivity index (χ2v) is 10.8. The summed E-state index contributed by atoms with van der Waals surface area (Å²) in [5.74, 6) is 0.00864. The van der Waals surface area contributed by atoms with Crippen LogP contribution in [0.25, 0.3) is 0 Å². The Hall–Kier alpha value is -2.97. The standard InChI is InChI=1S/C29H38N2O6/c1-3-17-14-19-15-18-8-4-7-11-23(35)30-13-12-22(34)27-28(36)26(29(37)31-27)21(33)10-6-5-9-20(32)25(18)24(19)16(17)2/h4-11,16-20,22,24-25,27,32-34H,3,12-15H2,1-2H3,(H,30,35)(H,31,37)/b8-4+,9-5+,10-6+,11-7+,26-21-/t16-,17-,18-,19+,20-,22-,24+,25-,27-/m0/s1. The normalized spacial score (nSPS) is 44.3. The third-order valence-electron chi connectivity index (χ3n) is 8.75. The van der Waals surface area contributed by atoms with E-state index in [-0.39, 0.29) is 30.7 Å². The van der Waals surface area contributed by atoms with Gasteiger partial charge in [0.1, 0.15) is 17.4 Å². The molecule has 5 N–H and O–H groups in total. The Morgan fingerprint density at radius 3 is 2.46 bits per heavy atom. The molecule has 0 unspecified atom stereocenters. The van der Waals surface area contributed by atoms with Crippen LogP contribution in [0.2, 0.25) is 0 Å². The lowest BCUT2D eigenvalue weighted by molar-refractivity contribution is -0.118. The monoisotopic (exact) mass is 510 g/mol. The topological polar surface area (TPSA) is 136 Å². The highest BCUT2D eigenvalue weighted by atomic mass is 16.3. The Balaban J connectivity index is 1.62. The predicted octanol–water partition coefficient (Wildman–Crippen LogP) is 2.27. The summed E-state index contributed by atoms with van der Waals surface area (Å²) in [5, 5.41) is 37.1. The molecule has 2 bridgehead atoms. The molecular formula is C29H38N2O6. The number of amides is 2. The number of rotatable bonds is 1. The van der Waals surface area contributed by atoms with Gasteiger partial charge in [-0.25, -0.2) is 0 Å². The molecule has 200 valence electrons. The van der Waals surface area contributed by atoms with Crippen LogP contribution in [0.15, 0.2) is 59.9 Å². The number of aliphatic hydroxyl groups excluding tert-OH is 3. The van der Waals surface area contributed by atoms with Crippen LogP contribution in [0.3, 0.4) is 0 Å². The summed E-state index contributed by atoms with van der Waals surface area (Å²) in [6.45, 7) is 4.63. The van der Waals surface area contributed by atoms with Crippen molar-refractivity contribution in [2.75, 3.05) is 6.54 Å². The number of hydrogen-bond donors (Lipinski definition) is 5. The lowest BCUT2D eigenvalue weighted by Gasteiger charge is -2.30. The molecule has 9 atom stereocenters. The highest BCUT2D eigenvalue weighted by Gasteiger charge is 2.52. The summed E-state index contributed by atoms with van der Waals surface area (Å²) in [6.07, 6.45) is 14.5. The van der Waals surface area contributed by atoms with Gasteiger partial charge in [-0.1, -0.05) is 56.7 Å². The van der Waals surface area contributed by atoms with E-state index in [9.17, 15) is 29.7 Å². The second kappa shape index (κ2) is 11.6. The number of nitrogens with one attached hydrogen (secondary N) is 2. The maximum absolute atomic E-state index is 12.7. The molecule has 8 heteroatoms. The van der Waals surface area contributed by atoms with Crippen LogP contribution in [-0.4, -0.2) is 57.7 Å². The summed E-state index contributed by atoms with van der Waals surface area (Å²) in [6, 6.07) is -1.19. The molecule has 0 aromatic carbocycles. The number of aliphatic hydroxyl groups is 3. The van der Waals surface area contributed by atoms with Gasteiger partial charge < -0.3 is 26.0 Å². The molecule has 2 aliphatic carbocycles. The maximum atomic E-state index is 12.7. The largest absolute Gasteiger partial charge is 0.507 e. The Labute approximate surface area is 217 Å². The molecular weight excluding hydrogens is 472 g/mol. The summed E-state index contributed by atoms with van der Waals surface area (Å²) in [5.41, 5.74) is -0.412. The maximum Gasteiger partial charge on any atom is 0.259 e. The van der Waals surface area contributed by atoms with Crippen molar-refractivity contribution in [1.82, 2.24) is 10.6 Å². The zero-order chi connectivity index (χ0) is 26.7. The number of Topliss-reactive ketones (excluding diaryl/α,β-unsaturated/α-hetero) is 1. The van der Waals surface area contributed by atoms with E-state index < -0.39 is 41.3 Å². The number of carbonyl (C=O) groups excluding carboxylic acids is 3. The molecule has 0 aromatic heterocycles. The van der Waals surface area contributed by atoms with Gasteiger partial charge in [0.15, 0.2) is 5.78 Å². The number of allylic oxidation sites excluding steroid dienone is 6. The Kier molecular flexibility index (Phi) is 8.49. The van der Waals surface area contributed by atoms with Crippen LogP contribution in [-0.2, 0) is 14.4 Å². The molecule has 8 nitrogen and oxygen atoms in total. The Morgan fingerprint density at radius 2 is 1.70 bits per heavy atom. The average molecular weight is 511 g/mol. The van der Waals surface area contributed by atoms with E-state index in [1.54, 1.807) is 18.2 Å². The summed E-state index contributed by atoms with van der Waals surface area (Å²) in [4.78, 5) is 37.2. The minimum Gasteiger partial charge on any atom is -0.507 e. The SMILES string of the molecule is CC[C@H]1C[C@@H]2C[C@@H]3/C=C/C=C/C(=O)NCC[C@H](O)[C@@H]4NC(=O)/C(=C(O)/C=C/C=C/[C@H](O)[C@H]3[C@@H]2[C@H]1C)C4=O. The van der Waals surface area contributed by atoms with Gasteiger partial charge >= 0.3 is 0 Å². The van der Waals surface area contributed by atoms with Gasteiger partial charge in [-0.3, -0.25) is 14.4 Å². The third kappa shape index (κ3) is 5.65. The smallest absolute Gasteiger partial charge is 0.259 e. The fraction of sp³-hybridized carbons (Fsp3) is 0.552. The molecule has 0 spiro atoms. The van der Waals surface area contributed by atoms with Gasteiger partial charge in [-0.05, 0) is 60.8 Å². The third-order valence-corrected chi connectivity index (χ3v) is 8.75. The molecule has 1 saturated heterocycles. The van der Waals surface area contributed by atoms with Crippen LogP contribution in [0, 0.1) is 35.5 Å². The van der Waals surface area contributed by atoms with Gasteiger partial charge in [-0.2, -0.15) is 0 Å². The van der Waals surface area contributed by atoms with Gasteiger partial charge in [0, 0.05) is 12.6 Å². The molecule has 2 amide bonds. The Morgan fingerprint density at radius 1 is 0.973 bits per heavy atom. The molecule has 2 saturated carbocycles. The van der Waals surface area contributed by atoms with Crippen molar-refractivity contribution in [1.29, 1.82) is 0 Å². The summed E-state index contributed by atoms with van der Waals surface area (Å²) >= 11 is 0. The number of ketones is 1. The van der Waals surface area contributed by atoms with Crippen molar-refractivity contribution >= 4 is 17.6 Å². The van der Waals surface area contributed by atoms with Crippen LogP contribution in [0.1, 0.15) is 39.5 Å². The lowest BCUT2D eigenvalue weighted by atomic mass is 9.76. The first-order chi connectivity index (χ1) is 17.7. The number of fused-ring (bicyclic) bond motifs is 5. The molecule has 2 heterocycles.